The molecule has 2 aliphatic rings. The first-order chi connectivity index (χ1) is 12.6. The van der Waals surface area contributed by atoms with Gasteiger partial charge in [-0.3, -0.25) is 9.79 Å². The van der Waals surface area contributed by atoms with Crippen molar-refractivity contribution >= 4 is 28.1 Å². The van der Waals surface area contributed by atoms with Crippen LogP contribution in [0.25, 0.3) is 0 Å². The fourth-order valence-corrected chi connectivity index (χ4v) is 3.30. The van der Waals surface area contributed by atoms with E-state index in [1.54, 1.807) is 6.21 Å². The van der Waals surface area contributed by atoms with Crippen LogP contribution in [0.1, 0.15) is 35.2 Å². The van der Waals surface area contributed by atoms with Gasteiger partial charge in [0.15, 0.2) is 6.10 Å². The SMILES string of the molecule is O=C1c2ccc(OS(=O)(=O)C(F)(F)F)cc2CCC1OC(=O)[C@@H]1CCC=N1. The Labute approximate surface area is 152 Å². The van der Waals surface area contributed by atoms with Crippen LogP contribution in [0, 0.1) is 0 Å². The van der Waals surface area contributed by atoms with Crippen molar-refractivity contribution in [2.75, 3.05) is 0 Å². The number of halogens is 3. The van der Waals surface area contributed by atoms with Crippen molar-refractivity contribution in [3.05, 3.63) is 29.3 Å². The smallest absolute Gasteiger partial charge is 0.452 e. The molecule has 0 fully saturated rings. The molecule has 1 aromatic rings. The number of rotatable bonds is 4. The Morgan fingerprint density at radius 3 is 2.59 bits per heavy atom. The monoisotopic (exact) mass is 405 g/mol. The van der Waals surface area contributed by atoms with Gasteiger partial charge in [0.2, 0.25) is 5.78 Å². The molecule has 11 heteroatoms. The Balaban J connectivity index is 1.73. The summed E-state index contributed by atoms with van der Waals surface area (Å²) in [6, 6.07) is 2.55. The zero-order valence-corrected chi connectivity index (χ0v) is 14.5. The molecule has 0 amide bonds. The Bertz CT molecular complexity index is 909. The van der Waals surface area contributed by atoms with Crippen LogP contribution in [0.3, 0.4) is 0 Å². The lowest BCUT2D eigenvalue weighted by Gasteiger charge is -2.24. The van der Waals surface area contributed by atoms with Gasteiger partial charge in [-0.25, -0.2) is 4.79 Å². The number of carbonyl (C=O) groups is 2. The summed E-state index contributed by atoms with van der Waals surface area (Å²) in [5.74, 6) is -1.65. The molecule has 0 spiro atoms. The number of alkyl halides is 3. The minimum absolute atomic E-state index is 0.128. The van der Waals surface area contributed by atoms with Crippen LogP contribution < -0.4 is 4.18 Å². The summed E-state index contributed by atoms with van der Waals surface area (Å²) in [5, 5.41) is 0. The second-order valence-corrected chi connectivity index (χ2v) is 7.59. The number of aryl methyl sites for hydroxylation is 1. The molecule has 1 heterocycles. The van der Waals surface area contributed by atoms with Crippen molar-refractivity contribution in [3.63, 3.8) is 0 Å². The van der Waals surface area contributed by atoms with E-state index in [0.29, 0.717) is 18.4 Å². The Morgan fingerprint density at radius 1 is 1.22 bits per heavy atom. The molecule has 0 saturated carbocycles. The van der Waals surface area contributed by atoms with Gasteiger partial charge in [0.05, 0.1) is 0 Å². The second-order valence-electron chi connectivity index (χ2n) is 6.06. The number of ether oxygens (including phenoxy) is 1. The van der Waals surface area contributed by atoms with Gasteiger partial charge in [-0.15, -0.1) is 0 Å². The molecule has 1 aliphatic carbocycles. The maximum absolute atomic E-state index is 12.5. The van der Waals surface area contributed by atoms with E-state index < -0.39 is 45.3 Å². The van der Waals surface area contributed by atoms with Gasteiger partial charge < -0.3 is 8.92 Å². The fraction of sp³-hybridized carbons (Fsp3) is 0.438. The van der Waals surface area contributed by atoms with Crippen LogP contribution >= 0.6 is 0 Å². The molecule has 0 saturated heterocycles. The third kappa shape index (κ3) is 3.97. The average molecular weight is 405 g/mol. The van der Waals surface area contributed by atoms with Crippen LogP contribution in [0.2, 0.25) is 0 Å². The topological polar surface area (TPSA) is 99.1 Å². The first kappa shape index (κ1) is 19.3. The summed E-state index contributed by atoms with van der Waals surface area (Å²) in [6.07, 6.45) is 2.11. The number of carbonyl (C=O) groups excluding carboxylic acids is 2. The van der Waals surface area contributed by atoms with Gasteiger partial charge in [-0.1, -0.05) is 0 Å². The summed E-state index contributed by atoms with van der Waals surface area (Å²) in [7, 11) is -5.79. The number of ketones is 1. The predicted molar refractivity (Wildman–Crippen MR) is 86.1 cm³/mol. The lowest BCUT2D eigenvalue weighted by molar-refractivity contribution is -0.148. The van der Waals surface area contributed by atoms with Gasteiger partial charge in [-0.05, 0) is 55.7 Å². The highest BCUT2D eigenvalue weighted by atomic mass is 32.2. The molecular formula is C16H14F3NO6S. The van der Waals surface area contributed by atoms with E-state index in [1.807, 2.05) is 0 Å². The summed E-state index contributed by atoms with van der Waals surface area (Å²) >= 11 is 0. The number of benzene rings is 1. The molecule has 1 aliphatic heterocycles. The molecule has 146 valence electrons. The third-order valence-corrected chi connectivity index (χ3v) is 5.16. The van der Waals surface area contributed by atoms with Crippen LogP contribution in [0.5, 0.6) is 5.75 Å². The summed E-state index contributed by atoms with van der Waals surface area (Å²) < 4.78 is 68.6. The van der Waals surface area contributed by atoms with Gasteiger partial charge in [-0.2, -0.15) is 21.6 Å². The molecule has 0 N–H and O–H groups in total. The normalized spacial score (nSPS) is 22.4. The molecule has 1 unspecified atom stereocenters. The quantitative estimate of drug-likeness (QED) is 0.433. The standard InChI is InChI=1S/C16H14F3NO6S/c17-16(18,19)27(23,24)26-10-4-5-11-9(8-10)3-6-13(14(11)21)25-15(22)12-2-1-7-20-12/h4-5,7-8,12-13H,1-3,6H2/t12-,13?/m0/s1. The lowest BCUT2D eigenvalue weighted by atomic mass is 9.88. The predicted octanol–water partition coefficient (Wildman–Crippen LogP) is 2.19. The maximum Gasteiger partial charge on any atom is 0.534 e. The molecule has 3 rings (SSSR count). The van der Waals surface area contributed by atoms with Crippen LogP contribution in [0.15, 0.2) is 23.2 Å². The minimum atomic E-state index is -5.79. The number of hydrogen-bond acceptors (Lipinski definition) is 7. The summed E-state index contributed by atoms with van der Waals surface area (Å²) in [5.41, 5.74) is -5.09. The molecule has 0 aromatic heterocycles. The highest BCUT2D eigenvalue weighted by Gasteiger charge is 2.48. The van der Waals surface area contributed by atoms with E-state index in [9.17, 15) is 31.2 Å². The van der Waals surface area contributed by atoms with E-state index >= 15 is 0 Å². The average Bonchev–Trinajstić information content (AvgIpc) is 3.10. The maximum atomic E-state index is 12.5. The number of esters is 1. The Morgan fingerprint density at radius 2 is 1.96 bits per heavy atom. The van der Waals surface area contributed by atoms with Crippen LogP contribution in [0.4, 0.5) is 13.2 Å². The lowest BCUT2D eigenvalue weighted by Crippen LogP contribution is -2.35. The Hall–Kier alpha value is -2.43. The van der Waals surface area contributed by atoms with Crippen molar-refractivity contribution in [1.82, 2.24) is 0 Å². The van der Waals surface area contributed by atoms with E-state index in [1.165, 1.54) is 0 Å². The molecule has 0 bridgehead atoms. The minimum Gasteiger partial charge on any atom is -0.452 e. The molecule has 2 atom stereocenters. The molecule has 27 heavy (non-hydrogen) atoms. The van der Waals surface area contributed by atoms with Crippen molar-refractivity contribution in [3.8, 4) is 5.75 Å². The van der Waals surface area contributed by atoms with Gasteiger partial charge in [0, 0.05) is 5.56 Å². The van der Waals surface area contributed by atoms with E-state index in [4.69, 9.17) is 4.74 Å². The number of nitrogens with zero attached hydrogens (tertiary/aromatic N) is 1. The number of Topliss-reactive ketones (excluding diaryl/α,β-unsaturated/α-hetero) is 1. The van der Waals surface area contributed by atoms with Crippen molar-refractivity contribution in [2.45, 2.75) is 43.3 Å². The number of aliphatic imine (C=N–C) groups is 1. The molecule has 1 aromatic carbocycles. The first-order valence-electron chi connectivity index (χ1n) is 7.98. The summed E-state index contributed by atoms with van der Waals surface area (Å²) in [4.78, 5) is 28.4. The highest BCUT2D eigenvalue weighted by Crippen LogP contribution is 2.31. The third-order valence-electron chi connectivity index (χ3n) is 4.18. The van der Waals surface area contributed by atoms with Gasteiger partial charge in [0.1, 0.15) is 11.8 Å². The molecule has 0 radical (unpaired) electrons. The highest BCUT2D eigenvalue weighted by molar-refractivity contribution is 7.88. The van der Waals surface area contributed by atoms with Crippen molar-refractivity contribution in [2.24, 2.45) is 4.99 Å². The van der Waals surface area contributed by atoms with Gasteiger partial charge in [0.25, 0.3) is 0 Å². The van der Waals surface area contributed by atoms with Crippen molar-refractivity contribution < 1.29 is 40.1 Å². The first-order valence-corrected chi connectivity index (χ1v) is 9.39. The van der Waals surface area contributed by atoms with Crippen molar-refractivity contribution in [1.29, 1.82) is 0 Å². The number of hydrogen-bond donors (Lipinski definition) is 0. The number of fused-ring (bicyclic) bond motifs is 1. The Kier molecular flexibility index (Phi) is 4.98. The zero-order valence-electron chi connectivity index (χ0n) is 13.7. The molecular weight excluding hydrogens is 391 g/mol. The fourth-order valence-electron chi connectivity index (χ4n) is 2.85. The second kappa shape index (κ2) is 6.95. The zero-order chi connectivity index (χ0) is 19.8. The largest absolute Gasteiger partial charge is 0.534 e. The van der Waals surface area contributed by atoms with Crippen LogP contribution in [-0.4, -0.2) is 44.0 Å². The molecule has 7 nitrogen and oxygen atoms in total. The van der Waals surface area contributed by atoms with E-state index in [2.05, 4.69) is 9.18 Å². The van der Waals surface area contributed by atoms with Crippen LogP contribution in [-0.2, 0) is 26.1 Å². The van der Waals surface area contributed by atoms with Gasteiger partial charge >= 0.3 is 21.6 Å². The summed E-state index contributed by atoms with van der Waals surface area (Å²) in [6.45, 7) is 0. The van der Waals surface area contributed by atoms with E-state index in [-0.39, 0.29) is 18.4 Å². The van der Waals surface area contributed by atoms with E-state index in [0.717, 1.165) is 18.2 Å².